The molecule has 1 aromatic rings. The zero-order valence-electron chi connectivity index (χ0n) is 10.2. The van der Waals surface area contributed by atoms with Gasteiger partial charge in [0.15, 0.2) is 0 Å². The van der Waals surface area contributed by atoms with Crippen molar-refractivity contribution in [2.45, 2.75) is 26.8 Å². The van der Waals surface area contributed by atoms with Gasteiger partial charge in [0.2, 0.25) is 0 Å². The minimum Gasteiger partial charge on any atom is -0.497 e. The number of halogens is 1. The molecule has 3 nitrogen and oxygen atoms in total. The first-order valence-electron chi connectivity index (χ1n) is 5.19. The van der Waals surface area contributed by atoms with E-state index >= 15 is 0 Å². The van der Waals surface area contributed by atoms with Gasteiger partial charge in [-0.1, -0.05) is 26.8 Å². The van der Waals surface area contributed by atoms with E-state index in [0.29, 0.717) is 11.3 Å². The normalized spacial score (nSPS) is 13.6. The number of benzene rings is 1. The van der Waals surface area contributed by atoms with Gasteiger partial charge in [-0.3, -0.25) is 11.3 Å². The van der Waals surface area contributed by atoms with Crippen LogP contribution in [0, 0.1) is 11.2 Å². The number of hydrazine groups is 1. The Morgan fingerprint density at radius 3 is 2.38 bits per heavy atom. The molecule has 1 rings (SSSR count). The van der Waals surface area contributed by atoms with Crippen LogP contribution in [0.2, 0.25) is 0 Å². The Morgan fingerprint density at radius 2 is 2.00 bits per heavy atom. The maximum atomic E-state index is 13.8. The van der Waals surface area contributed by atoms with Gasteiger partial charge in [0.1, 0.15) is 11.6 Å². The molecule has 4 heteroatoms. The fraction of sp³-hybridized carbons (Fsp3) is 0.500. The highest BCUT2D eigenvalue weighted by atomic mass is 19.1. The number of methoxy groups -OCH3 is 1. The third-order valence-corrected chi connectivity index (χ3v) is 2.55. The zero-order valence-corrected chi connectivity index (χ0v) is 10.2. The third-order valence-electron chi connectivity index (χ3n) is 2.55. The van der Waals surface area contributed by atoms with Crippen molar-refractivity contribution in [3.63, 3.8) is 0 Å². The van der Waals surface area contributed by atoms with E-state index in [0.717, 1.165) is 0 Å². The zero-order chi connectivity index (χ0) is 12.3. The van der Waals surface area contributed by atoms with E-state index in [2.05, 4.69) is 5.43 Å². The van der Waals surface area contributed by atoms with E-state index in [-0.39, 0.29) is 17.3 Å². The first-order chi connectivity index (χ1) is 7.40. The van der Waals surface area contributed by atoms with Crippen LogP contribution in [0.3, 0.4) is 0 Å². The maximum Gasteiger partial charge on any atom is 0.131 e. The van der Waals surface area contributed by atoms with Crippen LogP contribution in [-0.4, -0.2) is 7.11 Å². The molecule has 0 fully saturated rings. The van der Waals surface area contributed by atoms with Gasteiger partial charge in [0.25, 0.3) is 0 Å². The summed E-state index contributed by atoms with van der Waals surface area (Å²) in [4.78, 5) is 0. The molecule has 90 valence electrons. The smallest absolute Gasteiger partial charge is 0.131 e. The van der Waals surface area contributed by atoms with E-state index in [1.54, 1.807) is 12.1 Å². The van der Waals surface area contributed by atoms with Crippen LogP contribution >= 0.6 is 0 Å². The van der Waals surface area contributed by atoms with Crippen molar-refractivity contribution in [2.24, 2.45) is 11.3 Å². The Hall–Kier alpha value is -1.13. The summed E-state index contributed by atoms with van der Waals surface area (Å²) in [5, 5.41) is 0. The van der Waals surface area contributed by atoms with Crippen LogP contribution in [0.4, 0.5) is 4.39 Å². The molecular formula is C12H19FN2O. The quantitative estimate of drug-likeness (QED) is 0.614. The van der Waals surface area contributed by atoms with Crippen LogP contribution in [0.1, 0.15) is 32.4 Å². The fourth-order valence-corrected chi connectivity index (χ4v) is 1.68. The molecule has 0 heterocycles. The van der Waals surface area contributed by atoms with E-state index < -0.39 is 0 Å². The Bertz CT molecular complexity index is 361. The van der Waals surface area contributed by atoms with E-state index in [1.807, 2.05) is 20.8 Å². The maximum absolute atomic E-state index is 13.8. The number of nitrogens with one attached hydrogen (secondary N) is 1. The molecular weight excluding hydrogens is 207 g/mol. The number of hydrogen-bond donors (Lipinski definition) is 2. The molecule has 0 amide bonds. The van der Waals surface area contributed by atoms with Crippen molar-refractivity contribution in [2.75, 3.05) is 7.11 Å². The van der Waals surface area contributed by atoms with Gasteiger partial charge in [-0.05, 0) is 11.5 Å². The highest BCUT2D eigenvalue weighted by molar-refractivity contribution is 5.31. The average Bonchev–Trinajstić information content (AvgIpc) is 2.19. The summed E-state index contributed by atoms with van der Waals surface area (Å²) in [6.07, 6.45) is 0. The van der Waals surface area contributed by atoms with Gasteiger partial charge in [-0.2, -0.15) is 0 Å². The summed E-state index contributed by atoms with van der Waals surface area (Å²) in [6.45, 7) is 6.00. The van der Waals surface area contributed by atoms with Gasteiger partial charge >= 0.3 is 0 Å². The standard InChI is InChI=1S/C12H19FN2O/c1-12(2,3)11(15-14)9-6-5-8(16-4)7-10(9)13/h5-7,11,15H,14H2,1-4H3. The van der Waals surface area contributed by atoms with E-state index in [1.165, 1.54) is 13.2 Å². The molecule has 0 radical (unpaired) electrons. The van der Waals surface area contributed by atoms with Gasteiger partial charge < -0.3 is 4.74 Å². The molecule has 0 aliphatic heterocycles. The Kier molecular flexibility index (Phi) is 3.88. The molecule has 1 unspecified atom stereocenters. The molecule has 0 aliphatic rings. The van der Waals surface area contributed by atoms with Crippen LogP contribution < -0.4 is 16.0 Å². The molecule has 3 N–H and O–H groups in total. The van der Waals surface area contributed by atoms with Crippen molar-refractivity contribution in [3.8, 4) is 5.75 Å². The fourth-order valence-electron chi connectivity index (χ4n) is 1.68. The summed E-state index contributed by atoms with van der Waals surface area (Å²) in [5.41, 5.74) is 3.04. The first kappa shape index (κ1) is 12.9. The number of nitrogens with two attached hydrogens (primary N) is 1. The van der Waals surface area contributed by atoms with Crippen LogP contribution in [-0.2, 0) is 0 Å². The lowest BCUT2D eigenvalue weighted by atomic mass is 9.82. The summed E-state index contributed by atoms with van der Waals surface area (Å²) < 4.78 is 18.8. The molecule has 0 bridgehead atoms. The summed E-state index contributed by atoms with van der Waals surface area (Å²) in [5.74, 6) is 5.68. The SMILES string of the molecule is COc1ccc(C(NN)C(C)(C)C)c(F)c1. The van der Waals surface area contributed by atoms with Gasteiger partial charge in [0.05, 0.1) is 13.2 Å². The molecule has 0 saturated heterocycles. The molecule has 1 atom stereocenters. The predicted octanol–water partition coefficient (Wildman–Crippen LogP) is 2.38. The van der Waals surface area contributed by atoms with Crippen molar-refractivity contribution in [1.82, 2.24) is 5.43 Å². The van der Waals surface area contributed by atoms with E-state index in [9.17, 15) is 4.39 Å². The lowest BCUT2D eigenvalue weighted by Gasteiger charge is -2.30. The molecule has 16 heavy (non-hydrogen) atoms. The highest BCUT2D eigenvalue weighted by Gasteiger charge is 2.27. The second-order valence-corrected chi connectivity index (χ2v) is 4.85. The minimum absolute atomic E-state index is 0.163. The second-order valence-electron chi connectivity index (χ2n) is 4.85. The monoisotopic (exact) mass is 226 g/mol. The largest absolute Gasteiger partial charge is 0.497 e. The van der Waals surface area contributed by atoms with E-state index in [4.69, 9.17) is 10.6 Å². The summed E-state index contributed by atoms with van der Waals surface area (Å²) in [6, 6.07) is 4.56. The van der Waals surface area contributed by atoms with Gasteiger partial charge in [-0.15, -0.1) is 0 Å². The minimum atomic E-state index is -0.308. The van der Waals surface area contributed by atoms with Gasteiger partial charge in [-0.25, -0.2) is 4.39 Å². The van der Waals surface area contributed by atoms with Gasteiger partial charge in [0, 0.05) is 11.6 Å². The van der Waals surface area contributed by atoms with Crippen molar-refractivity contribution in [3.05, 3.63) is 29.6 Å². The lowest BCUT2D eigenvalue weighted by molar-refractivity contribution is 0.268. The molecule has 0 aliphatic carbocycles. The molecule has 0 spiro atoms. The van der Waals surface area contributed by atoms with Crippen molar-refractivity contribution >= 4 is 0 Å². The lowest BCUT2D eigenvalue weighted by Crippen LogP contribution is -2.37. The summed E-state index contributed by atoms with van der Waals surface area (Å²) >= 11 is 0. The van der Waals surface area contributed by atoms with Crippen LogP contribution in [0.5, 0.6) is 5.75 Å². The van der Waals surface area contributed by atoms with Crippen molar-refractivity contribution in [1.29, 1.82) is 0 Å². The topological polar surface area (TPSA) is 47.3 Å². The Balaban J connectivity index is 3.12. The molecule has 0 aromatic heterocycles. The third kappa shape index (κ3) is 2.71. The number of ether oxygens (including phenoxy) is 1. The Labute approximate surface area is 95.8 Å². The highest BCUT2D eigenvalue weighted by Crippen LogP contribution is 2.34. The Morgan fingerprint density at radius 1 is 1.38 bits per heavy atom. The second kappa shape index (κ2) is 4.80. The van der Waals surface area contributed by atoms with Crippen molar-refractivity contribution < 1.29 is 9.13 Å². The predicted molar refractivity (Wildman–Crippen MR) is 62.5 cm³/mol. The number of hydrogen-bond acceptors (Lipinski definition) is 3. The average molecular weight is 226 g/mol. The number of rotatable bonds is 3. The summed E-state index contributed by atoms with van der Waals surface area (Å²) in [7, 11) is 1.51. The molecule has 1 aromatic carbocycles. The van der Waals surface area contributed by atoms with Crippen LogP contribution in [0.15, 0.2) is 18.2 Å². The first-order valence-corrected chi connectivity index (χ1v) is 5.19. The van der Waals surface area contributed by atoms with Crippen LogP contribution in [0.25, 0.3) is 0 Å². The molecule has 0 saturated carbocycles.